The van der Waals surface area contributed by atoms with Gasteiger partial charge in [0.25, 0.3) is 0 Å². The number of nitriles is 1. The van der Waals surface area contributed by atoms with Crippen molar-refractivity contribution in [3.63, 3.8) is 0 Å². The van der Waals surface area contributed by atoms with Gasteiger partial charge in [-0.3, -0.25) is 4.79 Å². The van der Waals surface area contributed by atoms with Crippen LogP contribution >= 0.6 is 22.9 Å². The SMILES string of the molecule is CC(C)(C)[C@@H]1CCc2c(sc(NC(=O)[C@@H]3C[C@H]3c3ccc(Cl)cc3)c2C#N)C1. The molecule has 1 aromatic heterocycles. The summed E-state index contributed by atoms with van der Waals surface area (Å²) in [6.07, 6.45) is 3.90. The van der Waals surface area contributed by atoms with Gasteiger partial charge in [-0.15, -0.1) is 11.3 Å². The molecule has 2 aromatic rings. The lowest BCUT2D eigenvalue weighted by Crippen LogP contribution is -2.26. The number of carbonyl (C=O) groups excluding carboxylic acids is 1. The summed E-state index contributed by atoms with van der Waals surface area (Å²) in [6.45, 7) is 6.86. The van der Waals surface area contributed by atoms with Gasteiger partial charge in [-0.1, -0.05) is 44.5 Å². The van der Waals surface area contributed by atoms with Crippen molar-refractivity contribution in [3.05, 3.63) is 50.9 Å². The normalized spacial score (nSPS) is 23.6. The van der Waals surface area contributed by atoms with E-state index in [4.69, 9.17) is 11.6 Å². The molecule has 0 radical (unpaired) electrons. The van der Waals surface area contributed by atoms with Gasteiger partial charge in [0.2, 0.25) is 5.91 Å². The smallest absolute Gasteiger partial charge is 0.228 e. The van der Waals surface area contributed by atoms with E-state index in [1.165, 1.54) is 4.88 Å². The Morgan fingerprint density at radius 2 is 2.00 bits per heavy atom. The zero-order valence-corrected chi connectivity index (χ0v) is 18.1. The van der Waals surface area contributed by atoms with Crippen molar-refractivity contribution in [1.82, 2.24) is 0 Å². The summed E-state index contributed by atoms with van der Waals surface area (Å²) in [6, 6.07) is 10.1. The van der Waals surface area contributed by atoms with Crippen LogP contribution in [0.15, 0.2) is 24.3 Å². The van der Waals surface area contributed by atoms with Crippen molar-refractivity contribution in [2.45, 2.75) is 52.4 Å². The lowest BCUT2D eigenvalue weighted by atomic mass is 9.72. The molecule has 0 bridgehead atoms. The Morgan fingerprint density at radius 1 is 1.29 bits per heavy atom. The van der Waals surface area contributed by atoms with Crippen molar-refractivity contribution in [2.24, 2.45) is 17.3 Å². The zero-order valence-electron chi connectivity index (χ0n) is 16.5. The standard InChI is InChI=1S/C23H25ClN2OS/c1-23(2,3)14-6-9-16-19(12-25)22(28-20(16)10-14)26-21(27)18-11-17(18)13-4-7-15(24)8-5-13/h4-5,7-8,14,17-18H,6,9-11H2,1-3H3,(H,26,27)/t14-,17+,18-/m1/s1. The van der Waals surface area contributed by atoms with E-state index < -0.39 is 0 Å². The summed E-state index contributed by atoms with van der Waals surface area (Å²) in [5.74, 6) is 0.880. The van der Waals surface area contributed by atoms with E-state index in [1.807, 2.05) is 24.3 Å². The van der Waals surface area contributed by atoms with Crippen molar-refractivity contribution in [3.8, 4) is 6.07 Å². The number of rotatable bonds is 3. The number of anilines is 1. The van der Waals surface area contributed by atoms with Crippen LogP contribution in [0.3, 0.4) is 0 Å². The Kier molecular flexibility index (Phi) is 5.02. The number of amides is 1. The molecule has 2 aliphatic rings. The summed E-state index contributed by atoms with van der Waals surface area (Å²) >= 11 is 7.56. The van der Waals surface area contributed by atoms with Crippen molar-refractivity contribution in [2.75, 3.05) is 5.32 Å². The predicted molar refractivity (Wildman–Crippen MR) is 115 cm³/mol. The maximum absolute atomic E-state index is 12.8. The first-order chi connectivity index (χ1) is 13.3. The second-order valence-electron chi connectivity index (χ2n) is 9.11. The molecule has 146 valence electrons. The Balaban J connectivity index is 1.49. The molecule has 1 fully saturated rings. The van der Waals surface area contributed by atoms with Crippen LogP contribution in [-0.4, -0.2) is 5.91 Å². The second-order valence-corrected chi connectivity index (χ2v) is 10.7. The van der Waals surface area contributed by atoms with Crippen LogP contribution < -0.4 is 5.32 Å². The van der Waals surface area contributed by atoms with Gasteiger partial charge >= 0.3 is 0 Å². The van der Waals surface area contributed by atoms with E-state index in [0.717, 1.165) is 41.8 Å². The second kappa shape index (κ2) is 7.21. The Bertz CT molecular complexity index is 949. The molecule has 0 aliphatic heterocycles. The van der Waals surface area contributed by atoms with Gasteiger partial charge in [0, 0.05) is 15.8 Å². The van der Waals surface area contributed by atoms with Gasteiger partial charge in [0.15, 0.2) is 0 Å². The lowest BCUT2D eigenvalue weighted by Gasteiger charge is -2.33. The maximum Gasteiger partial charge on any atom is 0.228 e. The molecule has 1 saturated carbocycles. The highest BCUT2D eigenvalue weighted by Gasteiger charge is 2.44. The van der Waals surface area contributed by atoms with Gasteiger partial charge in [-0.25, -0.2) is 0 Å². The third-order valence-corrected chi connectivity index (χ3v) is 7.69. The average Bonchev–Trinajstić information content (AvgIpc) is 3.37. The molecular weight excluding hydrogens is 388 g/mol. The molecule has 0 unspecified atom stereocenters. The summed E-state index contributed by atoms with van der Waals surface area (Å²) in [7, 11) is 0. The molecule has 5 heteroatoms. The van der Waals surface area contributed by atoms with Crippen LogP contribution in [0.1, 0.15) is 61.1 Å². The fourth-order valence-corrected chi connectivity index (χ4v) is 5.71. The molecule has 3 nitrogen and oxygen atoms in total. The minimum Gasteiger partial charge on any atom is -0.316 e. The Morgan fingerprint density at radius 3 is 2.64 bits per heavy atom. The minimum atomic E-state index is -0.0193. The van der Waals surface area contributed by atoms with E-state index >= 15 is 0 Å². The van der Waals surface area contributed by atoms with Crippen molar-refractivity contribution < 1.29 is 4.79 Å². The number of carbonyl (C=O) groups is 1. The van der Waals surface area contributed by atoms with Gasteiger partial charge < -0.3 is 5.32 Å². The first-order valence-electron chi connectivity index (χ1n) is 9.89. The zero-order chi connectivity index (χ0) is 20.1. The third-order valence-electron chi connectivity index (χ3n) is 6.26. The Hall–Kier alpha value is -1.83. The molecule has 1 aromatic carbocycles. The molecule has 1 N–H and O–H groups in total. The van der Waals surface area contributed by atoms with Crippen molar-refractivity contribution >= 4 is 33.8 Å². The highest BCUT2D eigenvalue weighted by molar-refractivity contribution is 7.16. The number of nitrogens with zero attached hydrogens (tertiary/aromatic N) is 1. The van der Waals surface area contributed by atoms with E-state index in [1.54, 1.807) is 11.3 Å². The highest BCUT2D eigenvalue weighted by atomic mass is 35.5. The molecule has 28 heavy (non-hydrogen) atoms. The first-order valence-corrected chi connectivity index (χ1v) is 11.1. The summed E-state index contributed by atoms with van der Waals surface area (Å²) in [5.41, 5.74) is 3.26. The molecule has 0 saturated heterocycles. The molecule has 2 aliphatic carbocycles. The van der Waals surface area contributed by atoms with Crippen LogP contribution in [0.25, 0.3) is 0 Å². The number of thiophene rings is 1. The number of hydrogen-bond donors (Lipinski definition) is 1. The summed E-state index contributed by atoms with van der Waals surface area (Å²) in [4.78, 5) is 14.1. The summed E-state index contributed by atoms with van der Waals surface area (Å²) in [5, 5.41) is 14.2. The average molecular weight is 413 g/mol. The van der Waals surface area contributed by atoms with Crippen LogP contribution in [0.5, 0.6) is 0 Å². The van der Waals surface area contributed by atoms with Gasteiger partial charge in [-0.2, -0.15) is 5.26 Å². The largest absolute Gasteiger partial charge is 0.316 e. The van der Waals surface area contributed by atoms with Gasteiger partial charge in [0.05, 0.1) is 5.56 Å². The molecule has 1 amide bonds. The lowest BCUT2D eigenvalue weighted by molar-refractivity contribution is -0.117. The van der Waals surface area contributed by atoms with Crippen LogP contribution in [0.4, 0.5) is 5.00 Å². The van der Waals surface area contributed by atoms with Crippen molar-refractivity contribution in [1.29, 1.82) is 5.26 Å². The van der Waals surface area contributed by atoms with E-state index in [0.29, 0.717) is 16.5 Å². The van der Waals surface area contributed by atoms with Crippen LogP contribution in [-0.2, 0) is 17.6 Å². The number of benzene rings is 1. The number of halogens is 1. The molecular formula is C23H25ClN2OS. The number of nitrogens with one attached hydrogen (secondary N) is 1. The number of hydrogen-bond acceptors (Lipinski definition) is 3. The maximum atomic E-state index is 12.8. The number of fused-ring (bicyclic) bond motifs is 1. The fraction of sp³-hybridized carbons (Fsp3) is 0.478. The summed E-state index contributed by atoms with van der Waals surface area (Å²) < 4.78 is 0. The first kappa shape index (κ1) is 19.5. The third kappa shape index (κ3) is 3.71. The Labute approximate surface area is 175 Å². The van der Waals surface area contributed by atoms with Gasteiger partial charge in [0.1, 0.15) is 11.1 Å². The van der Waals surface area contributed by atoms with E-state index in [2.05, 4.69) is 32.2 Å². The molecule has 1 heterocycles. The minimum absolute atomic E-state index is 0.0193. The molecule has 3 atom stereocenters. The van der Waals surface area contributed by atoms with Crippen LogP contribution in [0.2, 0.25) is 5.02 Å². The highest BCUT2D eigenvalue weighted by Crippen LogP contribution is 2.49. The van der Waals surface area contributed by atoms with E-state index in [9.17, 15) is 10.1 Å². The molecule has 0 spiro atoms. The van der Waals surface area contributed by atoms with Gasteiger partial charge in [-0.05, 0) is 66.2 Å². The topological polar surface area (TPSA) is 52.9 Å². The van der Waals surface area contributed by atoms with E-state index in [-0.39, 0.29) is 23.2 Å². The molecule has 4 rings (SSSR count). The monoisotopic (exact) mass is 412 g/mol. The fourth-order valence-electron chi connectivity index (χ4n) is 4.30. The quantitative estimate of drug-likeness (QED) is 0.655. The van der Waals surface area contributed by atoms with Crippen LogP contribution in [0, 0.1) is 28.6 Å². The predicted octanol–water partition coefficient (Wildman–Crippen LogP) is 6.17.